The highest BCUT2D eigenvalue weighted by atomic mass is 35.5. The lowest BCUT2D eigenvalue weighted by atomic mass is 10.2. The van der Waals surface area contributed by atoms with E-state index in [2.05, 4.69) is 4.98 Å². The topological polar surface area (TPSA) is 72.2 Å². The molecule has 0 unspecified atom stereocenters. The number of aromatic nitrogens is 2. The van der Waals surface area contributed by atoms with Crippen molar-refractivity contribution < 1.29 is 13.5 Å². The van der Waals surface area contributed by atoms with E-state index in [9.17, 15) is 8.42 Å². The second-order valence-corrected chi connectivity index (χ2v) is 7.22. The van der Waals surface area contributed by atoms with Gasteiger partial charge in [0.05, 0.1) is 10.4 Å². The van der Waals surface area contributed by atoms with Gasteiger partial charge in [-0.2, -0.15) is 0 Å². The van der Waals surface area contributed by atoms with Crippen LogP contribution in [-0.2, 0) is 16.4 Å². The largest absolute Gasteiger partial charge is 0.396 e. The molecule has 3 aromatic rings. The zero-order chi connectivity index (χ0) is 16.4. The van der Waals surface area contributed by atoms with Gasteiger partial charge in [-0.1, -0.05) is 29.8 Å². The molecule has 120 valence electrons. The molecule has 0 saturated carbocycles. The Labute approximate surface area is 139 Å². The second kappa shape index (κ2) is 6.31. The van der Waals surface area contributed by atoms with Crippen LogP contribution in [-0.4, -0.2) is 29.1 Å². The van der Waals surface area contributed by atoms with Gasteiger partial charge >= 0.3 is 0 Å². The minimum Gasteiger partial charge on any atom is -0.396 e. The highest BCUT2D eigenvalue weighted by molar-refractivity contribution is 7.90. The van der Waals surface area contributed by atoms with Crippen LogP contribution >= 0.6 is 11.6 Å². The number of nitrogens with zero attached hydrogens (tertiary/aromatic N) is 2. The van der Waals surface area contributed by atoms with E-state index >= 15 is 0 Å². The molecular formula is C16H15ClN2O3S. The van der Waals surface area contributed by atoms with Gasteiger partial charge in [-0.05, 0) is 37.1 Å². The Morgan fingerprint density at radius 1 is 1.17 bits per heavy atom. The lowest BCUT2D eigenvalue weighted by molar-refractivity contribution is 0.288. The van der Waals surface area contributed by atoms with Crippen molar-refractivity contribution in [3.8, 4) is 0 Å². The molecule has 0 bridgehead atoms. The zero-order valence-corrected chi connectivity index (χ0v) is 13.8. The molecule has 7 heteroatoms. The fourth-order valence-corrected chi connectivity index (χ4v) is 4.33. The van der Waals surface area contributed by atoms with Gasteiger partial charge in [0, 0.05) is 23.9 Å². The molecule has 0 amide bonds. The Kier molecular flexibility index (Phi) is 4.39. The summed E-state index contributed by atoms with van der Waals surface area (Å²) in [6.45, 7) is -0.0150. The van der Waals surface area contributed by atoms with Crippen LogP contribution in [0.15, 0.2) is 53.6 Å². The maximum absolute atomic E-state index is 13.0. The zero-order valence-electron chi connectivity index (χ0n) is 12.2. The van der Waals surface area contributed by atoms with Gasteiger partial charge in [0.25, 0.3) is 10.0 Å². The maximum atomic E-state index is 13.0. The SMILES string of the molecule is O=S(=O)(c1ccccc1)n1c(CCCO)cc2c(Cl)nccc21. The molecule has 3 rings (SSSR count). The molecule has 0 fully saturated rings. The summed E-state index contributed by atoms with van der Waals surface area (Å²) >= 11 is 6.10. The van der Waals surface area contributed by atoms with E-state index in [4.69, 9.17) is 16.7 Å². The molecular weight excluding hydrogens is 336 g/mol. The van der Waals surface area contributed by atoms with E-state index in [1.54, 1.807) is 42.5 Å². The van der Waals surface area contributed by atoms with E-state index in [1.807, 2.05) is 0 Å². The summed E-state index contributed by atoms with van der Waals surface area (Å²) in [5, 5.41) is 9.91. The summed E-state index contributed by atoms with van der Waals surface area (Å²) in [5.41, 5.74) is 1.06. The van der Waals surface area contributed by atoms with Crippen molar-refractivity contribution in [3.05, 3.63) is 59.5 Å². The summed E-state index contributed by atoms with van der Waals surface area (Å²) in [7, 11) is -3.75. The van der Waals surface area contributed by atoms with Crippen LogP contribution in [0.1, 0.15) is 12.1 Å². The van der Waals surface area contributed by atoms with Crippen LogP contribution in [0.5, 0.6) is 0 Å². The third-order valence-electron chi connectivity index (χ3n) is 3.58. The first-order valence-corrected chi connectivity index (χ1v) is 8.94. The van der Waals surface area contributed by atoms with Crippen LogP contribution in [0.2, 0.25) is 5.15 Å². The van der Waals surface area contributed by atoms with Crippen LogP contribution < -0.4 is 0 Å². The van der Waals surface area contributed by atoms with Crippen molar-refractivity contribution in [2.75, 3.05) is 6.61 Å². The number of benzene rings is 1. The standard InChI is InChI=1S/C16H15ClN2O3S/c17-16-14-11-12(5-4-10-20)19(15(14)8-9-18-16)23(21,22)13-6-2-1-3-7-13/h1-3,6-9,11,20H,4-5,10H2. The van der Waals surface area contributed by atoms with Crippen molar-refractivity contribution in [1.82, 2.24) is 8.96 Å². The summed E-state index contributed by atoms with van der Waals surface area (Å²) in [6, 6.07) is 11.6. The minimum absolute atomic E-state index is 0.0150. The first-order valence-electron chi connectivity index (χ1n) is 7.12. The predicted molar refractivity (Wildman–Crippen MR) is 89.2 cm³/mol. The third kappa shape index (κ3) is 2.85. The third-order valence-corrected chi connectivity index (χ3v) is 5.66. The molecule has 0 aliphatic rings. The quantitative estimate of drug-likeness (QED) is 0.718. The van der Waals surface area contributed by atoms with Crippen molar-refractivity contribution in [2.45, 2.75) is 17.7 Å². The molecule has 2 aromatic heterocycles. The van der Waals surface area contributed by atoms with Gasteiger partial charge in [-0.3, -0.25) is 0 Å². The van der Waals surface area contributed by atoms with E-state index in [0.29, 0.717) is 29.4 Å². The Bertz CT molecular complexity index is 937. The van der Waals surface area contributed by atoms with E-state index < -0.39 is 10.0 Å². The molecule has 1 N–H and O–H groups in total. The first-order chi connectivity index (χ1) is 11.1. The lowest BCUT2D eigenvalue weighted by Gasteiger charge is -2.11. The van der Waals surface area contributed by atoms with E-state index in [1.165, 1.54) is 10.2 Å². The normalized spacial score (nSPS) is 11.9. The highest BCUT2D eigenvalue weighted by Crippen LogP contribution is 2.29. The number of aliphatic hydroxyl groups is 1. The number of aliphatic hydroxyl groups excluding tert-OH is 1. The van der Waals surface area contributed by atoms with Crippen molar-refractivity contribution in [2.24, 2.45) is 0 Å². The van der Waals surface area contributed by atoms with Crippen molar-refractivity contribution in [1.29, 1.82) is 0 Å². The number of aryl methyl sites for hydroxylation is 1. The fourth-order valence-electron chi connectivity index (χ4n) is 2.54. The Morgan fingerprint density at radius 2 is 1.91 bits per heavy atom. The van der Waals surface area contributed by atoms with Crippen molar-refractivity contribution >= 4 is 32.5 Å². The maximum Gasteiger partial charge on any atom is 0.268 e. The van der Waals surface area contributed by atoms with Crippen LogP contribution in [0, 0.1) is 0 Å². The van der Waals surface area contributed by atoms with E-state index in [0.717, 1.165) is 0 Å². The van der Waals surface area contributed by atoms with E-state index in [-0.39, 0.29) is 16.7 Å². The van der Waals surface area contributed by atoms with Crippen molar-refractivity contribution in [3.63, 3.8) is 0 Å². The second-order valence-electron chi connectivity index (χ2n) is 5.08. The van der Waals surface area contributed by atoms with Crippen LogP contribution in [0.25, 0.3) is 10.9 Å². The average molecular weight is 351 g/mol. The first kappa shape index (κ1) is 16.0. The average Bonchev–Trinajstić information content (AvgIpc) is 2.94. The van der Waals surface area contributed by atoms with Crippen LogP contribution in [0.4, 0.5) is 0 Å². The highest BCUT2D eigenvalue weighted by Gasteiger charge is 2.23. The number of pyridine rings is 1. The minimum atomic E-state index is -3.75. The van der Waals surface area contributed by atoms with Gasteiger partial charge in [0.2, 0.25) is 0 Å². The Balaban J connectivity index is 2.28. The molecule has 2 heterocycles. The molecule has 0 saturated heterocycles. The number of halogens is 1. The molecule has 0 aliphatic carbocycles. The van der Waals surface area contributed by atoms with Gasteiger partial charge in [0.15, 0.2) is 0 Å². The predicted octanol–water partition coefficient (Wildman–Crippen LogP) is 2.85. The molecule has 0 aliphatic heterocycles. The summed E-state index contributed by atoms with van der Waals surface area (Å²) in [6.07, 6.45) is 2.37. The number of fused-ring (bicyclic) bond motifs is 1. The summed E-state index contributed by atoms with van der Waals surface area (Å²) < 4.78 is 27.4. The van der Waals surface area contributed by atoms with Gasteiger partial charge in [-0.25, -0.2) is 17.4 Å². The number of hydrogen-bond donors (Lipinski definition) is 1. The lowest BCUT2D eigenvalue weighted by Crippen LogP contribution is -2.16. The summed E-state index contributed by atoms with van der Waals surface area (Å²) in [5.74, 6) is 0. The molecule has 1 aromatic carbocycles. The number of hydrogen-bond acceptors (Lipinski definition) is 4. The molecule has 0 radical (unpaired) electrons. The molecule has 5 nitrogen and oxygen atoms in total. The van der Waals surface area contributed by atoms with Gasteiger partial charge in [0.1, 0.15) is 5.15 Å². The summed E-state index contributed by atoms with van der Waals surface area (Å²) in [4.78, 5) is 4.21. The van der Waals surface area contributed by atoms with Gasteiger partial charge in [-0.15, -0.1) is 0 Å². The molecule has 23 heavy (non-hydrogen) atoms. The fraction of sp³-hybridized carbons (Fsp3) is 0.188. The molecule has 0 atom stereocenters. The monoisotopic (exact) mass is 350 g/mol. The smallest absolute Gasteiger partial charge is 0.268 e. The van der Waals surface area contributed by atoms with Gasteiger partial charge < -0.3 is 5.11 Å². The van der Waals surface area contributed by atoms with Crippen LogP contribution in [0.3, 0.4) is 0 Å². The Hall–Kier alpha value is -1.89. The molecule has 0 spiro atoms. The Morgan fingerprint density at radius 3 is 2.61 bits per heavy atom. The number of rotatable bonds is 5.